The SMILES string of the molecule is NC(=O)c1nc(N2CCC(O)C(N)C2)cs1. The van der Waals surface area contributed by atoms with Crippen molar-refractivity contribution < 1.29 is 9.90 Å². The number of aliphatic hydroxyl groups excluding tert-OH is 1. The van der Waals surface area contributed by atoms with Crippen LogP contribution in [-0.2, 0) is 0 Å². The Morgan fingerprint density at radius 2 is 2.44 bits per heavy atom. The molecular weight excluding hydrogens is 228 g/mol. The first-order valence-corrected chi connectivity index (χ1v) is 5.90. The Morgan fingerprint density at radius 3 is 3.00 bits per heavy atom. The predicted octanol–water partition coefficient (Wildman–Crippen LogP) is -0.860. The normalized spacial score (nSPS) is 25.8. The van der Waals surface area contributed by atoms with Gasteiger partial charge in [0.05, 0.1) is 6.10 Å². The smallest absolute Gasteiger partial charge is 0.277 e. The van der Waals surface area contributed by atoms with Gasteiger partial charge < -0.3 is 21.5 Å². The lowest BCUT2D eigenvalue weighted by atomic mass is 10.0. The van der Waals surface area contributed by atoms with Crippen molar-refractivity contribution >= 4 is 23.1 Å². The molecule has 2 unspecified atom stereocenters. The van der Waals surface area contributed by atoms with E-state index in [0.717, 1.165) is 0 Å². The Bertz CT molecular complexity index is 395. The first kappa shape index (κ1) is 11.3. The first-order valence-electron chi connectivity index (χ1n) is 5.02. The third-order valence-electron chi connectivity index (χ3n) is 2.65. The van der Waals surface area contributed by atoms with Crippen LogP contribution in [0.5, 0.6) is 0 Å². The van der Waals surface area contributed by atoms with Gasteiger partial charge in [-0.3, -0.25) is 4.79 Å². The molecule has 6 nitrogen and oxygen atoms in total. The lowest BCUT2D eigenvalue weighted by Gasteiger charge is -2.34. The minimum Gasteiger partial charge on any atom is -0.391 e. The van der Waals surface area contributed by atoms with Gasteiger partial charge in [0.25, 0.3) is 5.91 Å². The minimum absolute atomic E-state index is 0.271. The maximum Gasteiger partial charge on any atom is 0.277 e. The van der Waals surface area contributed by atoms with E-state index in [2.05, 4.69) is 4.98 Å². The van der Waals surface area contributed by atoms with Crippen molar-refractivity contribution in [3.8, 4) is 0 Å². The van der Waals surface area contributed by atoms with Crippen molar-refractivity contribution in [3.05, 3.63) is 10.4 Å². The number of hydrogen-bond acceptors (Lipinski definition) is 6. The lowest BCUT2D eigenvalue weighted by molar-refractivity contribution is 0.0999. The quantitative estimate of drug-likeness (QED) is 0.626. The summed E-state index contributed by atoms with van der Waals surface area (Å²) in [5, 5.41) is 11.6. The molecule has 1 fully saturated rings. The maximum atomic E-state index is 10.9. The molecule has 7 heteroatoms. The van der Waals surface area contributed by atoms with Crippen LogP contribution in [0.1, 0.15) is 16.2 Å². The van der Waals surface area contributed by atoms with Gasteiger partial charge in [-0.05, 0) is 6.42 Å². The predicted molar refractivity (Wildman–Crippen MR) is 61.4 cm³/mol. The number of aliphatic hydroxyl groups is 1. The number of nitrogens with zero attached hydrogens (tertiary/aromatic N) is 2. The molecule has 1 saturated heterocycles. The summed E-state index contributed by atoms with van der Waals surface area (Å²) in [5.41, 5.74) is 10.9. The monoisotopic (exact) mass is 242 g/mol. The van der Waals surface area contributed by atoms with E-state index < -0.39 is 12.0 Å². The van der Waals surface area contributed by atoms with E-state index in [0.29, 0.717) is 30.3 Å². The second-order valence-electron chi connectivity index (χ2n) is 3.84. The molecule has 1 aromatic rings. The summed E-state index contributed by atoms with van der Waals surface area (Å²) in [7, 11) is 0. The molecule has 0 aromatic carbocycles. The molecule has 1 aliphatic rings. The van der Waals surface area contributed by atoms with E-state index in [1.165, 1.54) is 11.3 Å². The number of primary amides is 1. The Morgan fingerprint density at radius 1 is 1.69 bits per heavy atom. The molecule has 88 valence electrons. The van der Waals surface area contributed by atoms with Crippen LogP contribution < -0.4 is 16.4 Å². The van der Waals surface area contributed by atoms with Crippen LogP contribution in [0.3, 0.4) is 0 Å². The zero-order valence-corrected chi connectivity index (χ0v) is 9.48. The number of rotatable bonds is 2. The second kappa shape index (κ2) is 4.36. The molecule has 1 aromatic heterocycles. The molecule has 5 N–H and O–H groups in total. The number of aromatic nitrogens is 1. The highest BCUT2D eigenvalue weighted by Gasteiger charge is 2.26. The van der Waals surface area contributed by atoms with Crippen LogP contribution in [0.2, 0.25) is 0 Å². The number of anilines is 1. The molecule has 1 amide bonds. The lowest BCUT2D eigenvalue weighted by Crippen LogP contribution is -2.51. The molecule has 0 radical (unpaired) electrons. The first-order chi connectivity index (χ1) is 7.58. The number of piperidine rings is 1. The van der Waals surface area contributed by atoms with Gasteiger partial charge in [-0.25, -0.2) is 4.98 Å². The van der Waals surface area contributed by atoms with E-state index in [1.807, 2.05) is 4.90 Å². The van der Waals surface area contributed by atoms with Gasteiger partial charge in [-0.1, -0.05) is 0 Å². The highest BCUT2D eigenvalue weighted by Crippen LogP contribution is 2.21. The largest absolute Gasteiger partial charge is 0.391 e. The summed E-state index contributed by atoms with van der Waals surface area (Å²) >= 11 is 1.22. The van der Waals surface area contributed by atoms with Gasteiger partial charge in [-0.15, -0.1) is 11.3 Å². The maximum absolute atomic E-state index is 10.9. The van der Waals surface area contributed by atoms with E-state index >= 15 is 0 Å². The van der Waals surface area contributed by atoms with E-state index in [-0.39, 0.29) is 6.04 Å². The average molecular weight is 242 g/mol. The minimum atomic E-state index is -0.516. The number of hydrogen-bond donors (Lipinski definition) is 3. The van der Waals surface area contributed by atoms with Crippen molar-refractivity contribution in [2.45, 2.75) is 18.6 Å². The fourth-order valence-electron chi connectivity index (χ4n) is 1.70. The molecular formula is C9H14N4O2S. The average Bonchev–Trinajstić information content (AvgIpc) is 2.71. The number of carbonyl (C=O) groups is 1. The fraction of sp³-hybridized carbons (Fsp3) is 0.556. The summed E-state index contributed by atoms with van der Waals surface area (Å²) in [4.78, 5) is 17.0. The van der Waals surface area contributed by atoms with Crippen LogP contribution in [-0.4, -0.2) is 41.2 Å². The Labute approximate surface area is 96.9 Å². The van der Waals surface area contributed by atoms with Crippen molar-refractivity contribution in [2.75, 3.05) is 18.0 Å². The standard InChI is InChI=1S/C9H14N4O2S/c10-5-3-13(2-1-6(5)14)7-4-16-9(12-7)8(11)15/h4-6,14H,1-3,10H2,(H2,11,15). The molecule has 0 spiro atoms. The highest BCUT2D eigenvalue weighted by molar-refractivity contribution is 7.12. The van der Waals surface area contributed by atoms with Crippen LogP contribution in [0.15, 0.2) is 5.38 Å². The molecule has 0 bridgehead atoms. The third-order valence-corrected chi connectivity index (χ3v) is 3.49. The van der Waals surface area contributed by atoms with Gasteiger partial charge in [0, 0.05) is 24.5 Å². The Kier molecular flexibility index (Phi) is 3.08. The van der Waals surface area contributed by atoms with E-state index in [4.69, 9.17) is 11.5 Å². The summed E-state index contributed by atoms with van der Waals surface area (Å²) < 4.78 is 0. The second-order valence-corrected chi connectivity index (χ2v) is 4.70. The van der Waals surface area contributed by atoms with Crippen molar-refractivity contribution in [1.82, 2.24) is 4.98 Å². The number of carbonyl (C=O) groups excluding carboxylic acids is 1. The third kappa shape index (κ3) is 2.16. The topological polar surface area (TPSA) is 105 Å². The number of thiazole rings is 1. The van der Waals surface area contributed by atoms with Crippen molar-refractivity contribution in [1.29, 1.82) is 0 Å². The van der Waals surface area contributed by atoms with Gasteiger partial charge in [0.2, 0.25) is 0 Å². The summed E-state index contributed by atoms with van der Waals surface area (Å²) in [5.74, 6) is 0.193. The molecule has 1 aliphatic heterocycles. The summed E-state index contributed by atoms with van der Waals surface area (Å²) in [6, 6.07) is -0.271. The van der Waals surface area contributed by atoms with Gasteiger partial charge in [-0.2, -0.15) is 0 Å². The van der Waals surface area contributed by atoms with Crippen LogP contribution >= 0.6 is 11.3 Å². The molecule has 2 atom stereocenters. The highest BCUT2D eigenvalue weighted by atomic mass is 32.1. The molecule has 0 aliphatic carbocycles. The van der Waals surface area contributed by atoms with Crippen LogP contribution in [0.4, 0.5) is 5.82 Å². The van der Waals surface area contributed by atoms with Crippen LogP contribution in [0, 0.1) is 0 Å². The molecule has 2 rings (SSSR count). The summed E-state index contributed by atoms with van der Waals surface area (Å²) in [6.45, 7) is 1.24. The molecule has 0 saturated carbocycles. The zero-order valence-electron chi connectivity index (χ0n) is 8.67. The van der Waals surface area contributed by atoms with Gasteiger partial charge in [0.1, 0.15) is 5.82 Å². The molecule has 2 heterocycles. The van der Waals surface area contributed by atoms with E-state index in [1.54, 1.807) is 5.38 Å². The van der Waals surface area contributed by atoms with Crippen molar-refractivity contribution in [3.63, 3.8) is 0 Å². The van der Waals surface area contributed by atoms with Crippen molar-refractivity contribution in [2.24, 2.45) is 11.5 Å². The fourth-order valence-corrected chi connectivity index (χ4v) is 2.38. The van der Waals surface area contributed by atoms with Crippen LogP contribution in [0.25, 0.3) is 0 Å². The number of nitrogens with two attached hydrogens (primary N) is 2. The Balaban J connectivity index is 2.09. The number of amides is 1. The van der Waals surface area contributed by atoms with Gasteiger partial charge >= 0.3 is 0 Å². The summed E-state index contributed by atoms with van der Waals surface area (Å²) in [6.07, 6.45) is 0.162. The zero-order chi connectivity index (χ0) is 11.7. The van der Waals surface area contributed by atoms with Gasteiger partial charge in [0.15, 0.2) is 5.01 Å². The Hall–Kier alpha value is -1.18. The molecule has 16 heavy (non-hydrogen) atoms. The van der Waals surface area contributed by atoms with E-state index in [9.17, 15) is 9.90 Å².